The Balaban J connectivity index is 2.29. The van der Waals surface area contributed by atoms with Crippen LogP contribution >= 0.6 is 0 Å². The lowest BCUT2D eigenvalue weighted by atomic mass is 10.1. The Kier molecular flexibility index (Phi) is 6.33. The first-order valence-electron chi connectivity index (χ1n) is 8.39. The van der Waals surface area contributed by atoms with Gasteiger partial charge in [-0.15, -0.1) is 0 Å². The molecule has 0 N–H and O–H groups in total. The summed E-state index contributed by atoms with van der Waals surface area (Å²) in [6, 6.07) is 2.98. The lowest BCUT2D eigenvalue weighted by Gasteiger charge is -2.22. The molecule has 0 spiro atoms. The number of hydrogen-bond donors (Lipinski definition) is 0. The fourth-order valence-corrected chi connectivity index (χ4v) is 4.11. The molecule has 0 amide bonds. The van der Waals surface area contributed by atoms with Gasteiger partial charge in [-0.1, -0.05) is 6.07 Å². The van der Waals surface area contributed by atoms with Crippen molar-refractivity contribution >= 4 is 16.0 Å². The van der Waals surface area contributed by atoms with Crippen LogP contribution in [-0.4, -0.2) is 38.4 Å². The molecule has 0 saturated heterocycles. The molecule has 1 aliphatic carbocycles. The Morgan fingerprint density at radius 1 is 1.31 bits per heavy atom. The number of halogens is 3. The smallest absolute Gasteiger partial charge is 0.416 e. The average Bonchev–Trinajstić information content (AvgIpc) is 3.34. The second-order valence-electron chi connectivity index (χ2n) is 6.34. The highest BCUT2D eigenvalue weighted by molar-refractivity contribution is 7.89. The van der Waals surface area contributed by atoms with E-state index in [1.165, 1.54) is 13.0 Å². The maximum Gasteiger partial charge on any atom is 0.416 e. The average molecular weight is 393 g/mol. The summed E-state index contributed by atoms with van der Waals surface area (Å²) in [7, 11) is -4.14. The van der Waals surface area contributed by atoms with E-state index in [9.17, 15) is 26.4 Å². The number of ether oxygens (including phenoxy) is 1. The molecular formula is C17H22F3NO4S. The van der Waals surface area contributed by atoms with Crippen LogP contribution in [0.1, 0.15) is 37.3 Å². The minimum Gasteiger partial charge on any atom is -0.466 e. The summed E-state index contributed by atoms with van der Waals surface area (Å²) in [4.78, 5) is 11.1. The summed E-state index contributed by atoms with van der Waals surface area (Å²) in [5.74, 6) is -0.358. The first-order chi connectivity index (χ1) is 12.1. The van der Waals surface area contributed by atoms with E-state index in [0.29, 0.717) is 6.07 Å². The predicted molar refractivity (Wildman–Crippen MR) is 88.9 cm³/mol. The Bertz CT molecular complexity index is 758. The van der Waals surface area contributed by atoms with Crippen molar-refractivity contribution in [2.75, 3.05) is 19.7 Å². The molecule has 0 heterocycles. The highest BCUT2D eigenvalue weighted by Gasteiger charge is 2.36. The number of alkyl halides is 3. The van der Waals surface area contributed by atoms with Crippen molar-refractivity contribution in [1.29, 1.82) is 0 Å². The second kappa shape index (κ2) is 7.96. The normalized spacial score (nSPS) is 15.3. The summed E-state index contributed by atoms with van der Waals surface area (Å²) in [5, 5.41) is 0. The molecule has 0 radical (unpaired) electrons. The van der Waals surface area contributed by atoms with Gasteiger partial charge in [0, 0.05) is 13.1 Å². The highest BCUT2D eigenvalue weighted by Crippen LogP contribution is 2.35. The number of aryl methyl sites for hydroxylation is 1. The van der Waals surface area contributed by atoms with Crippen LogP contribution in [0.4, 0.5) is 13.2 Å². The lowest BCUT2D eigenvalue weighted by Crippen LogP contribution is -2.35. The van der Waals surface area contributed by atoms with Crippen LogP contribution in [-0.2, 0) is 25.7 Å². The molecule has 0 aromatic heterocycles. The topological polar surface area (TPSA) is 63.7 Å². The third-order valence-corrected chi connectivity index (χ3v) is 6.04. The van der Waals surface area contributed by atoms with E-state index in [1.54, 1.807) is 6.92 Å². The van der Waals surface area contributed by atoms with Gasteiger partial charge in [0.25, 0.3) is 0 Å². The molecule has 0 unspecified atom stereocenters. The Morgan fingerprint density at radius 2 is 1.96 bits per heavy atom. The molecule has 5 nitrogen and oxygen atoms in total. The van der Waals surface area contributed by atoms with E-state index >= 15 is 0 Å². The SMILES string of the molecule is CCOC(=O)CCN(CC1CC1)S(=O)(=O)c1ccc(C)c(C(F)(F)F)c1. The van der Waals surface area contributed by atoms with E-state index in [0.717, 1.165) is 23.2 Å². The number of esters is 1. The van der Waals surface area contributed by atoms with Crippen molar-refractivity contribution < 1.29 is 31.1 Å². The van der Waals surface area contributed by atoms with Crippen LogP contribution in [0.2, 0.25) is 0 Å². The van der Waals surface area contributed by atoms with Crippen LogP contribution < -0.4 is 0 Å². The Labute approximate surface area is 151 Å². The Hall–Kier alpha value is -1.61. The van der Waals surface area contributed by atoms with Crippen LogP contribution in [0.25, 0.3) is 0 Å². The fourth-order valence-electron chi connectivity index (χ4n) is 2.56. The Morgan fingerprint density at radius 3 is 2.50 bits per heavy atom. The molecule has 0 atom stereocenters. The van der Waals surface area contributed by atoms with E-state index in [-0.39, 0.29) is 37.6 Å². The first kappa shape index (κ1) is 20.7. The van der Waals surface area contributed by atoms with E-state index < -0.39 is 32.6 Å². The number of carbonyl (C=O) groups excluding carboxylic acids is 1. The monoisotopic (exact) mass is 393 g/mol. The molecule has 0 bridgehead atoms. The number of rotatable bonds is 8. The highest BCUT2D eigenvalue weighted by atomic mass is 32.2. The number of carbonyl (C=O) groups is 1. The third-order valence-electron chi connectivity index (χ3n) is 4.18. The van der Waals surface area contributed by atoms with Crippen molar-refractivity contribution in [2.45, 2.75) is 44.2 Å². The van der Waals surface area contributed by atoms with Gasteiger partial charge in [-0.05, 0) is 50.3 Å². The molecule has 146 valence electrons. The fraction of sp³-hybridized carbons (Fsp3) is 0.588. The van der Waals surface area contributed by atoms with Crippen LogP contribution in [0.15, 0.2) is 23.1 Å². The largest absolute Gasteiger partial charge is 0.466 e. The van der Waals surface area contributed by atoms with Gasteiger partial charge in [0.2, 0.25) is 10.0 Å². The maximum atomic E-state index is 13.1. The minimum atomic E-state index is -4.64. The number of sulfonamides is 1. The second-order valence-corrected chi connectivity index (χ2v) is 8.27. The molecule has 9 heteroatoms. The molecule has 1 fully saturated rings. The van der Waals surface area contributed by atoms with Crippen LogP contribution in [0, 0.1) is 12.8 Å². The quantitative estimate of drug-likeness (QED) is 0.636. The molecule has 0 aliphatic heterocycles. The van der Waals surface area contributed by atoms with Gasteiger partial charge in [-0.3, -0.25) is 4.79 Å². The van der Waals surface area contributed by atoms with Gasteiger partial charge in [-0.25, -0.2) is 8.42 Å². The van der Waals surface area contributed by atoms with E-state index in [2.05, 4.69) is 0 Å². The van der Waals surface area contributed by atoms with Crippen LogP contribution in [0.3, 0.4) is 0 Å². The van der Waals surface area contributed by atoms with Gasteiger partial charge in [0.1, 0.15) is 0 Å². The lowest BCUT2D eigenvalue weighted by molar-refractivity contribution is -0.143. The van der Waals surface area contributed by atoms with Gasteiger partial charge >= 0.3 is 12.1 Å². The first-order valence-corrected chi connectivity index (χ1v) is 9.83. The standard InChI is InChI=1S/C17H22F3NO4S/c1-3-25-16(22)8-9-21(11-13-5-6-13)26(23,24)14-7-4-12(2)15(10-14)17(18,19)20/h4,7,10,13H,3,5-6,8-9,11H2,1-2H3. The number of hydrogen-bond acceptors (Lipinski definition) is 4. The molecule has 2 rings (SSSR count). The zero-order valence-corrected chi connectivity index (χ0v) is 15.5. The van der Waals surface area contributed by atoms with E-state index in [4.69, 9.17) is 4.74 Å². The van der Waals surface area contributed by atoms with Gasteiger partial charge < -0.3 is 4.74 Å². The zero-order chi connectivity index (χ0) is 19.5. The van der Waals surface area contributed by atoms with Gasteiger partial charge in [0.15, 0.2) is 0 Å². The molecule has 1 aromatic rings. The minimum absolute atomic E-state index is 0.0447. The van der Waals surface area contributed by atoms with Crippen molar-refractivity contribution in [1.82, 2.24) is 4.31 Å². The predicted octanol–water partition coefficient (Wildman–Crippen LogP) is 3.37. The van der Waals surface area contributed by atoms with E-state index in [1.807, 2.05) is 0 Å². The summed E-state index contributed by atoms with van der Waals surface area (Å²) >= 11 is 0. The third kappa shape index (κ3) is 5.20. The molecule has 1 saturated carbocycles. The van der Waals surface area contributed by atoms with Crippen molar-refractivity contribution in [3.05, 3.63) is 29.3 Å². The summed E-state index contributed by atoms with van der Waals surface area (Å²) in [6.07, 6.45) is -3.04. The number of nitrogens with zero attached hydrogens (tertiary/aromatic N) is 1. The molecular weight excluding hydrogens is 371 g/mol. The molecule has 26 heavy (non-hydrogen) atoms. The van der Waals surface area contributed by atoms with Crippen LogP contribution in [0.5, 0.6) is 0 Å². The maximum absolute atomic E-state index is 13.1. The van der Waals surface area contributed by atoms with Crippen molar-refractivity contribution in [3.8, 4) is 0 Å². The van der Waals surface area contributed by atoms with Gasteiger partial charge in [0.05, 0.1) is 23.5 Å². The molecule has 1 aromatic carbocycles. The summed E-state index contributed by atoms with van der Waals surface area (Å²) in [5.41, 5.74) is -1.02. The van der Waals surface area contributed by atoms with Crippen molar-refractivity contribution in [3.63, 3.8) is 0 Å². The summed E-state index contributed by atoms with van der Waals surface area (Å²) in [6.45, 7) is 3.18. The van der Waals surface area contributed by atoms with Gasteiger partial charge in [-0.2, -0.15) is 17.5 Å². The number of benzene rings is 1. The van der Waals surface area contributed by atoms with Crippen molar-refractivity contribution in [2.24, 2.45) is 5.92 Å². The molecule has 1 aliphatic rings. The summed E-state index contributed by atoms with van der Waals surface area (Å²) < 4.78 is 70.9. The zero-order valence-electron chi connectivity index (χ0n) is 14.7.